The Morgan fingerprint density at radius 2 is 2.17 bits per heavy atom. The highest BCUT2D eigenvalue weighted by Crippen LogP contribution is 2.34. The number of nitrogens with one attached hydrogen (secondary N) is 1. The van der Waals surface area contributed by atoms with Gasteiger partial charge in [0.15, 0.2) is 0 Å². The maximum Gasteiger partial charge on any atom is 0.0968 e. The molecule has 1 aliphatic heterocycles. The summed E-state index contributed by atoms with van der Waals surface area (Å²) >= 11 is 3.61. The molecule has 1 saturated heterocycles. The Morgan fingerprint density at radius 1 is 1.44 bits per heavy atom. The fourth-order valence-electron chi connectivity index (χ4n) is 2.79. The lowest BCUT2D eigenvalue weighted by Gasteiger charge is -2.40. The third kappa shape index (κ3) is 3.34. The summed E-state index contributed by atoms with van der Waals surface area (Å²) < 4.78 is 7.49. The van der Waals surface area contributed by atoms with E-state index in [0.29, 0.717) is 5.92 Å². The quantitative estimate of drug-likeness (QED) is 0.913. The van der Waals surface area contributed by atoms with Crippen LogP contribution in [-0.4, -0.2) is 18.7 Å². The largest absolute Gasteiger partial charge is 0.365 e. The van der Waals surface area contributed by atoms with Crippen LogP contribution in [0, 0.1) is 5.92 Å². The van der Waals surface area contributed by atoms with Gasteiger partial charge in [-0.1, -0.05) is 48.0 Å². The summed E-state index contributed by atoms with van der Waals surface area (Å²) in [5.74, 6) is 0.648. The second kappa shape index (κ2) is 5.72. The molecule has 0 bridgehead atoms. The van der Waals surface area contributed by atoms with Crippen molar-refractivity contribution in [3.63, 3.8) is 0 Å². The molecule has 1 heterocycles. The molecule has 3 heteroatoms. The number of halogens is 1. The van der Waals surface area contributed by atoms with E-state index < -0.39 is 0 Å². The Hall–Kier alpha value is -0.380. The van der Waals surface area contributed by atoms with Crippen molar-refractivity contribution >= 4 is 15.9 Å². The maximum absolute atomic E-state index is 6.36. The zero-order valence-electron chi connectivity index (χ0n) is 11.4. The molecule has 2 atom stereocenters. The predicted octanol–water partition coefficient (Wildman–Crippen LogP) is 3.91. The van der Waals surface area contributed by atoms with Crippen LogP contribution in [0.15, 0.2) is 28.7 Å². The highest BCUT2D eigenvalue weighted by molar-refractivity contribution is 9.10. The van der Waals surface area contributed by atoms with Gasteiger partial charge in [-0.05, 0) is 30.9 Å². The molecule has 0 spiro atoms. The topological polar surface area (TPSA) is 21.3 Å². The molecule has 1 N–H and O–H groups in total. The van der Waals surface area contributed by atoms with Crippen LogP contribution in [0.3, 0.4) is 0 Å². The zero-order valence-corrected chi connectivity index (χ0v) is 13.0. The Morgan fingerprint density at radius 3 is 2.83 bits per heavy atom. The van der Waals surface area contributed by atoms with Crippen LogP contribution in [0.4, 0.5) is 0 Å². The minimum absolute atomic E-state index is 0.0631. The number of rotatable bonds is 3. The third-order valence-electron chi connectivity index (χ3n) is 3.35. The summed E-state index contributed by atoms with van der Waals surface area (Å²) in [7, 11) is 0. The summed E-state index contributed by atoms with van der Waals surface area (Å²) in [5, 5.41) is 3.51. The molecular weight excluding hydrogens is 290 g/mol. The minimum Gasteiger partial charge on any atom is -0.365 e. The van der Waals surface area contributed by atoms with Crippen molar-refractivity contribution < 1.29 is 4.74 Å². The Kier molecular flexibility index (Phi) is 4.46. The molecule has 0 amide bonds. The first-order valence-electron chi connectivity index (χ1n) is 6.63. The first-order valence-corrected chi connectivity index (χ1v) is 7.42. The lowest BCUT2D eigenvalue weighted by atomic mass is 9.91. The predicted molar refractivity (Wildman–Crippen MR) is 78.7 cm³/mol. The molecule has 0 aliphatic carbocycles. The van der Waals surface area contributed by atoms with Crippen molar-refractivity contribution in [1.29, 1.82) is 0 Å². The monoisotopic (exact) mass is 311 g/mol. The lowest BCUT2D eigenvalue weighted by Crippen LogP contribution is -2.49. The molecule has 1 fully saturated rings. The molecule has 1 aromatic carbocycles. The van der Waals surface area contributed by atoms with Crippen molar-refractivity contribution in [2.24, 2.45) is 5.92 Å². The van der Waals surface area contributed by atoms with Gasteiger partial charge in [-0.3, -0.25) is 0 Å². The summed E-state index contributed by atoms with van der Waals surface area (Å²) in [6.45, 7) is 8.53. The molecule has 0 aromatic heterocycles. The first-order chi connectivity index (χ1) is 8.50. The lowest BCUT2D eigenvalue weighted by molar-refractivity contribution is -0.117. The average Bonchev–Trinajstić information content (AvgIpc) is 2.27. The molecule has 0 radical (unpaired) electrons. The Bertz CT molecular complexity index is 407. The minimum atomic E-state index is -0.0631. The van der Waals surface area contributed by atoms with Gasteiger partial charge in [0.25, 0.3) is 0 Å². The maximum atomic E-state index is 6.36. The molecule has 1 aromatic rings. The Balaban J connectivity index is 2.14. The second-order valence-electron chi connectivity index (χ2n) is 5.81. The summed E-state index contributed by atoms with van der Waals surface area (Å²) in [6.07, 6.45) is 1.22. The van der Waals surface area contributed by atoms with E-state index >= 15 is 0 Å². The normalized spacial score (nSPS) is 28.6. The van der Waals surface area contributed by atoms with Gasteiger partial charge in [-0.2, -0.15) is 0 Å². The molecule has 2 nitrogen and oxygen atoms in total. The summed E-state index contributed by atoms with van der Waals surface area (Å²) in [4.78, 5) is 0. The number of ether oxygens (including phenoxy) is 1. The second-order valence-corrected chi connectivity index (χ2v) is 6.66. The molecule has 2 rings (SSSR count). The van der Waals surface area contributed by atoms with Crippen LogP contribution in [0.25, 0.3) is 0 Å². The van der Waals surface area contributed by atoms with Crippen molar-refractivity contribution in [2.45, 2.75) is 38.9 Å². The van der Waals surface area contributed by atoms with Crippen LogP contribution in [-0.2, 0) is 4.74 Å². The van der Waals surface area contributed by atoms with Crippen LogP contribution in [0.2, 0.25) is 0 Å². The smallest absolute Gasteiger partial charge is 0.0968 e. The molecule has 1 aliphatic rings. The molecule has 100 valence electrons. The highest BCUT2D eigenvalue weighted by Gasteiger charge is 2.34. The van der Waals surface area contributed by atoms with Crippen LogP contribution >= 0.6 is 15.9 Å². The van der Waals surface area contributed by atoms with Gasteiger partial charge in [0.2, 0.25) is 0 Å². The van der Waals surface area contributed by atoms with Crippen molar-refractivity contribution in [1.82, 2.24) is 5.32 Å². The van der Waals surface area contributed by atoms with Gasteiger partial charge >= 0.3 is 0 Å². The fraction of sp³-hybridized carbons (Fsp3) is 0.600. The van der Waals surface area contributed by atoms with E-state index in [9.17, 15) is 0 Å². The molecule has 2 unspecified atom stereocenters. The SMILES string of the molecule is CC(C)CC1(C)CNCC(c2ccccc2Br)O1. The average molecular weight is 312 g/mol. The molecule has 0 saturated carbocycles. The fourth-order valence-corrected chi connectivity index (χ4v) is 3.33. The van der Waals surface area contributed by atoms with Crippen molar-refractivity contribution in [3.8, 4) is 0 Å². The first kappa shape index (κ1) is 14.0. The number of hydrogen-bond acceptors (Lipinski definition) is 2. The van der Waals surface area contributed by atoms with Gasteiger partial charge in [-0.15, -0.1) is 0 Å². The van der Waals surface area contributed by atoms with Crippen molar-refractivity contribution in [3.05, 3.63) is 34.3 Å². The van der Waals surface area contributed by atoms with E-state index in [2.05, 4.69) is 60.2 Å². The van der Waals surface area contributed by atoms with Crippen LogP contribution in [0.5, 0.6) is 0 Å². The van der Waals surface area contributed by atoms with Gasteiger partial charge in [0, 0.05) is 17.6 Å². The summed E-state index contributed by atoms with van der Waals surface area (Å²) in [6, 6.07) is 8.32. The number of hydrogen-bond donors (Lipinski definition) is 1. The highest BCUT2D eigenvalue weighted by atomic mass is 79.9. The van der Waals surface area contributed by atoms with E-state index in [0.717, 1.165) is 24.0 Å². The van der Waals surface area contributed by atoms with E-state index in [1.807, 2.05) is 6.07 Å². The standard InChI is InChI=1S/C15H22BrNO/c1-11(2)8-15(3)10-17-9-14(18-15)12-6-4-5-7-13(12)16/h4-7,11,14,17H,8-10H2,1-3H3. The number of benzene rings is 1. The van der Waals surface area contributed by atoms with Crippen LogP contribution in [0.1, 0.15) is 38.9 Å². The summed E-state index contributed by atoms with van der Waals surface area (Å²) in [5.41, 5.74) is 1.17. The van der Waals surface area contributed by atoms with E-state index in [1.54, 1.807) is 0 Å². The van der Waals surface area contributed by atoms with Crippen molar-refractivity contribution in [2.75, 3.05) is 13.1 Å². The zero-order chi connectivity index (χ0) is 13.2. The van der Waals surface area contributed by atoms with Gasteiger partial charge < -0.3 is 10.1 Å². The van der Waals surface area contributed by atoms with E-state index in [4.69, 9.17) is 4.74 Å². The Labute approximate surface area is 118 Å². The number of morpholine rings is 1. The molecular formula is C15H22BrNO. The van der Waals surface area contributed by atoms with Gasteiger partial charge in [0.1, 0.15) is 0 Å². The third-order valence-corrected chi connectivity index (χ3v) is 4.07. The molecule has 18 heavy (non-hydrogen) atoms. The van der Waals surface area contributed by atoms with Crippen LogP contribution < -0.4 is 5.32 Å². The van der Waals surface area contributed by atoms with Gasteiger partial charge in [0.05, 0.1) is 11.7 Å². The van der Waals surface area contributed by atoms with E-state index in [-0.39, 0.29) is 11.7 Å². The van der Waals surface area contributed by atoms with Gasteiger partial charge in [-0.25, -0.2) is 0 Å². The van der Waals surface area contributed by atoms with E-state index in [1.165, 1.54) is 5.56 Å².